The fourth-order valence-electron chi connectivity index (χ4n) is 3.28. The summed E-state index contributed by atoms with van der Waals surface area (Å²) < 4.78 is 22.3. The van der Waals surface area contributed by atoms with E-state index in [0.29, 0.717) is 23.9 Å². The van der Waals surface area contributed by atoms with Gasteiger partial charge in [0.2, 0.25) is 0 Å². The highest BCUT2D eigenvalue weighted by Gasteiger charge is 2.12. The molecule has 32 heavy (non-hydrogen) atoms. The Balaban J connectivity index is 0.00000363. The summed E-state index contributed by atoms with van der Waals surface area (Å²) in [4.78, 5) is 0. The van der Waals surface area contributed by atoms with Crippen LogP contribution in [0.2, 0.25) is 5.02 Å². The van der Waals surface area contributed by atoms with Crippen LogP contribution in [0.25, 0.3) is 0 Å². The first-order valence-corrected chi connectivity index (χ1v) is 10.5. The molecule has 0 bridgehead atoms. The summed E-state index contributed by atoms with van der Waals surface area (Å²) in [6.45, 7) is 1.83. The fourth-order valence-corrected chi connectivity index (χ4v) is 3.47. The van der Waals surface area contributed by atoms with Crippen LogP contribution in [0.5, 0.6) is 23.0 Å². The highest BCUT2D eigenvalue weighted by molar-refractivity contribution is 6.31. The van der Waals surface area contributed by atoms with Crippen molar-refractivity contribution in [1.82, 2.24) is 5.32 Å². The average molecular weight is 478 g/mol. The van der Waals surface area contributed by atoms with Crippen molar-refractivity contribution in [3.8, 4) is 23.0 Å². The van der Waals surface area contributed by atoms with Gasteiger partial charge in [0.1, 0.15) is 6.61 Å². The van der Waals surface area contributed by atoms with Gasteiger partial charge < -0.3 is 24.3 Å². The second-order valence-corrected chi connectivity index (χ2v) is 7.35. The topological polar surface area (TPSA) is 49.0 Å². The molecule has 172 valence electrons. The third-order valence-corrected chi connectivity index (χ3v) is 5.33. The molecular formula is C25H29Cl2NO4. The molecule has 3 aromatic carbocycles. The van der Waals surface area contributed by atoms with E-state index in [1.165, 1.54) is 5.56 Å². The van der Waals surface area contributed by atoms with E-state index in [2.05, 4.69) is 5.32 Å². The summed E-state index contributed by atoms with van der Waals surface area (Å²) in [7, 11) is 4.93. The number of hydrogen-bond donors (Lipinski definition) is 1. The summed E-state index contributed by atoms with van der Waals surface area (Å²) in [5.41, 5.74) is 3.13. The van der Waals surface area contributed by atoms with Crippen LogP contribution >= 0.6 is 24.0 Å². The molecule has 0 aromatic heterocycles. The molecule has 0 saturated heterocycles. The molecule has 7 heteroatoms. The highest BCUT2D eigenvalue weighted by atomic mass is 35.5. The van der Waals surface area contributed by atoms with Crippen molar-refractivity contribution in [3.63, 3.8) is 0 Å². The van der Waals surface area contributed by atoms with Gasteiger partial charge in [0.05, 0.1) is 21.3 Å². The largest absolute Gasteiger partial charge is 0.493 e. The highest BCUT2D eigenvalue weighted by Crippen LogP contribution is 2.32. The molecule has 0 atom stereocenters. The van der Waals surface area contributed by atoms with Crippen LogP contribution in [-0.4, -0.2) is 27.9 Å². The maximum Gasteiger partial charge on any atom is 0.166 e. The van der Waals surface area contributed by atoms with Gasteiger partial charge in [0, 0.05) is 22.7 Å². The lowest BCUT2D eigenvalue weighted by molar-refractivity contribution is 0.280. The van der Waals surface area contributed by atoms with Gasteiger partial charge >= 0.3 is 0 Å². The summed E-state index contributed by atoms with van der Waals surface area (Å²) in [5, 5.41) is 4.17. The minimum absolute atomic E-state index is 0. The second kappa shape index (κ2) is 13.1. The summed E-state index contributed by atoms with van der Waals surface area (Å²) in [6, 6.07) is 19.5. The molecule has 5 nitrogen and oxygen atoms in total. The van der Waals surface area contributed by atoms with Crippen LogP contribution in [0, 0.1) is 0 Å². The van der Waals surface area contributed by atoms with Crippen molar-refractivity contribution in [2.45, 2.75) is 19.6 Å². The summed E-state index contributed by atoms with van der Waals surface area (Å²) >= 11 is 6.26. The molecule has 0 spiro atoms. The van der Waals surface area contributed by atoms with E-state index in [1.807, 2.05) is 60.7 Å². The quantitative estimate of drug-likeness (QED) is 0.359. The van der Waals surface area contributed by atoms with E-state index < -0.39 is 0 Å². The minimum atomic E-state index is 0. The molecule has 0 aliphatic carbocycles. The van der Waals surface area contributed by atoms with Crippen molar-refractivity contribution in [2.24, 2.45) is 0 Å². The summed E-state index contributed by atoms with van der Waals surface area (Å²) in [6.07, 6.45) is 0.861. The Morgan fingerprint density at radius 3 is 2.22 bits per heavy atom. The zero-order valence-corrected chi connectivity index (χ0v) is 20.1. The smallest absolute Gasteiger partial charge is 0.166 e. The van der Waals surface area contributed by atoms with Gasteiger partial charge in [-0.1, -0.05) is 48.0 Å². The molecule has 0 fully saturated rings. The van der Waals surface area contributed by atoms with Crippen LogP contribution < -0.4 is 24.3 Å². The third kappa shape index (κ3) is 6.70. The molecule has 0 saturated carbocycles. The van der Waals surface area contributed by atoms with Crippen molar-refractivity contribution in [2.75, 3.05) is 27.9 Å². The first-order valence-electron chi connectivity index (χ1n) is 10.1. The first kappa shape index (κ1) is 25.7. The predicted molar refractivity (Wildman–Crippen MR) is 131 cm³/mol. The fraction of sp³-hybridized carbons (Fsp3) is 0.280. The van der Waals surface area contributed by atoms with E-state index in [-0.39, 0.29) is 12.4 Å². The number of rotatable bonds is 11. The SMILES string of the molecule is COc1ccc(CCNCc2cccc(OC)c2OCc2ccccc2Cl)cc1OC.Cl. The number of para-hydroxylation sites is 1. The molecule has 0 aliphatic heterocycles. The molecule has 0 amide bonds. The number of ether oxygens (including phenoxy) is 4. The Bertz CT molecular complexity index is 997. The van der Waals surface area contributed by atoms with Crippen LogP contribution in [-0.2, 0) is 19.6 Å². The van der Waals surface area contributed by atoms with Gasteiger partial charge in [0.15, 0.2) is 23.0 Å². The molecule has 0 radical (unpaired) electrons. The second-order valence-electron chi connectivity index (χ2n) is 6.94. The number of methoxy groups -OCH3 is 3. The Labute approximate surface area is 201 Å². The Hall–Kier alpha value is -2.60. The number of benzene rings is 3. The van der Waals surface area contributed by atoms with Crippen molar-refractivity contribution in [3.05, 3.63) is 82.4 Å². The van der Waals surface area contributed by atoms with E-state index in [4.69, 9.17) is 30.5 Å². The van der Waals surface area contributed by atoms with E-state index in [1.54, 1.807) is 21.3 Å². The molecule has 0 unspecified atom stereocenters. The van der Waals surface area contributed by atoms with Crippen molar-refractivity contribution < 1.29 is 18.9 Å². The lowest BCUT2D eigenvalue weighted by atomic mass is 10.1. The zero-order chi connectivity index (χ0) is 22.1. The van der Waals surface area contributed by atoms with Crippen molar-refractivity contribution >= 4 is 24.0 Å². The van der Waals surface area contributed by atoms with E-state index in [0.717, 1.165) is 41.3 Å². The lowest BCUT2D eigenvalue weighted by Gasteiger charge is -2.16. The molecule has 3 rings (SSSR count). The van der Waals surface area contributed by atoms with Gasteiger partial charge in [-0.15, -0.1) is 12.4 Å². The van der Waals surface area contributed by atoms with Gasteiger partial charge in [-0.25, -0.2) is 0 Å². The molecule has 0 aliphatic rings. The van der Waals surface area contributed by atoms with Crippen LogP contribution in [0.4, 0.5) is 0 Å². The molecule has 3 aromatic rings. The zero-order valence-electron chi connectivity index (χ0n) is 18.5. The normalized spacial score (nSPS) is 10.2. The van der Waals surface area contributed by atoms with E-state index in [9.17, 15) is 0 Å². The monoisotopic (exact) mass is 477 g/mol. The van der Waals surface area contributed by atoms with Gasteiger partial charge in [0.25, 0.3) is 0 Å². The van der Waals surface area contributed by atoms with Gasteiger partial charge in [-0.3, -0.25) is 0 Å². The Morgan fingerprint density at radius 2 is 1.50 bits per heavy atom. The summed E-state index contributed by atoms with van der Waals surface area (Å²) in [5.74, 6) is 2.90. The molecule has 0 heterocycles. The van der Waals surface area contributed by atoms with Crippen molar-refractivity contribution in [1.29, 1.82) is 0 Å². The Kier molecular flexibility index (Phi) is 10.5. The average Bonchev–Trinajstić information content (AvgIpc) is 2.81. The first-order chi connectivity index (χ1) is 15.2. The Morgan fingerprint density at radius 1 is 0.781 bits per heavy atom. The van der Waals surface area contributed by atoms with Crippen LogP contribution in [0.3, 0.4) is 0 Å². The molecular weight excluding hydrogens is 449 g/mol. The third-order valence-electron chi connectivity index (χ3n) is 4.96. The lowest BCUT2D eigenvalue weighted by Crippen LogP contribution is -2.17. The number of nitrogens with one attached hydrogen (secondary N) is 1. The van der Waals surface area contributed by atoms with Crippen LogP contribution in [0.15, 0.2) is 60.7 Å². The number of halogens is 2. The molecule has 1 N–H and O–H groups in total. The van der Waals surface area contributed by atoms with Gasteiger partial charge in [-0.05, 0) is 42.8 Å². The maximum absolute atomic E-state index is 6.26. The van der Waals surface area contributed by atoms with Crippen LogP contribution in [0.1, 0.15) is 16.7 Å². The standard InChI is InChI=1S/C25H28ClNO4.ClH/c1-28-22-12-11-18(15-24(22)30-3)13-14-27-16-19-8-6-10-23(29-2)25(19)31-17-20-7-4-5-9-21(20)26;/h4-12,15,27H,13-14,16-17H2,1-3H3;1H. The minimum Gasteiger partial charge on any atom is -0.493 e. The van der Waals surface area contributed by atoms with E-state index >= 15 is 0 Å². The van der Waals surface area contributed by atoms with Gasteiger partial charge in [-0.2, -0.15) is 0 Å². The maximum atomic E-state index is 6.26. The number of hydrogen-bond acceptors (Lipinski definition) is 5. The predicted octanol–water partition coefficient (Wildman–Crippen LogP) is 5.70.